The second-order valence-electron chi connectivity index (χ2n) is 4.90. The van der Waals surface area contributed by atoms with Crippen molar-refractivity contribution < 1.29 is 4.79 Å². The van der Waals surface area contributed by atoms with Crippen molar-refractivity contribution in [3.63, 3.8) is 0 Å². The van der Waals surface area contributed by atoms with Crippen LogP contribution in [0.1, 0.15) is 18.5 Å². The molecule has 5 heteroatoms. The van der Waals surface area contributed by atoms with Gasteiger partial charge in [-0.3, -0.25) is 9.59 Å². The quantitative estimate of drug-likeness (QED) is 0.871. The molecule has 0 saturated heterocycles. The normalized spacial score (nSPS) is 12.0. The first-order valence-corrected chi connectivity index (χ1v) is 7.03. The second-order valence-corrected chi connectivity index (χ2v) is 5.34. The van der Waals surface area contributed by atoms with Crippen LogP contribution < -0.4 is 5.56 Å². The van der Waals surface area contributed by atoms with Gasteiger partial charge >= 0.3 is 0 Å². The van der Waals surface area contributed by atoms with Gasteiger partial charge in [0.25, 0.3) is 5.56 Å². The Balaban J connectivity index is 2.10. The van der Waals surface area contributed by atoms with Crippen molar-refractivity contribution in [2.45, 2.75) is 19.5 Å². The van der Waals surface area contributed by atoms with Crippen molar-refractivity contribution in [3.05, 3.63) is 69.6 Å². The van der Waals surface area contributed by atoms with E-state index in [4.69, 9.17) is 11.6 Å². The fourth-order valence-corrected chi connectivity index (χ4v) is 2.16. The van der Waals surface area contributed by atoms with Crippen LogP contribution in [-0.4, -0.2) is 22.4 Å². The molecule has 1 aromatic heterocycles. The zero-order chi connectivity index (χ0) is 15.4. The summed E-state index contributed by atoms with van der Waals surface area (Å²) in [6.45, 7) is 1.98. The summed E-state index contributed by atoms with van der Waals surface area (Å²) < 4.78 is 1.40. The van der Waals surface area contributed by atoms with Crippen LogP contribution in [0.2, 0.25) is 5.02 Å². The Morgan fingerprint density at radius 3 is 2.52 bits per heavy atom. The van der Waals surface area contributed by atoms with Gasteiger partial charge in [0.15, 0.2) is 0 Å². The highest BCUT2D eigenvalue weighted by molar-refractivity contribution is 6.30. The summed E-state index contributed by atoms with van der Waals surface area (Å²) in [5, 5.41) is 0.663. The smallest absolute Gasteiger partial charge is 0.250 e. The Labute approximate surface area is 128 Å². The third-order valence-corrected chi connectivity index (χ3v) is 3.78. The highest BCUT2D eigenvalue weighted by Gasteiger charge is 2.17. The highest BCUT2D eigenvalue weighted by Crippen LogP contribution is 2.20. The lowest BCUT2D eigenvalue weighted by Gasteiger charge is -2.25. The summed E-state index contributed by atoms with van der Waals surface area (Å²) in [5.74, 6) is -0.120. The lowest BCUT2D eigenvalue weighted by molar-refractivity contribution is -0.132. The summed E-state index contributed by atoms with van der Waals surface area (Å²) in [6, 6.07) is 12.1. The molecule has 0 aliphatic rings. The summed E-state index contributed by atoms with van der Waals surface area (Å²) in [5.41, 5.74) is 0.814. The Kier molecular flexibility index (Phi) is 4.81. The van der Waals surface area contributed by atoms with E-state index in [0.717, 1.165) is 5.56 Å². The molecule has 0 saturated carbocycles. The number of halogens is 1. The molecule has 1 unspecified atom stereocenters. The molecule has 0 aliphatic carbocycles. The van der Waals surface area contributed by atoms with Gasteiger partial charge in [-0.25, -0.2) is 0 Å². The fourth-order valence-electron chi connectivity index (χ4n) is 2.03. The van der Waals surface area contributed by atoms with Crippen molar-refractivity contribution in [1.29, 1.82) is 0 Å². The van der Waals surface area contributed by atoms with Crippen LogP contribution in [0.3, 0.4) is 0 Å². The average molecular weight is 305 g/mol. The Morgan fingerprint density at radius 1 is 1.24 bits per heavy atom. The predicted molar refractivity (Wildman–Crippen MR) is 83.3 cm³/mol. The van der Waals surface area contributed by atoms with Crippen LogP contribution in [0.15, 0.2) is 53.5 Å². The van der Waals surface area contributed by atoms with Gasteiger partial charge in [-0.15, -0.1) is 0 Å². The number of aromatic nitrogens is 1. The number of pyridine rings is 1. The van der Waals surface area contributed by atoms with Crippen LogP contribution in [0.25, 0.3) is 0 Å². The number of carbonyl (C=O) groups excluding carboxylic acids is 1. The van der Waals surface area contributed by atoms with E-state index in [-0.39, 0.29) is 24.1 Å². The molecular formula is C16H17ClN2O2. The SMILES string of the molecule is CC(c1ccc(Cl)cc1)N(C)C(=O)Cn1ccccc1=O. The third-order valence-electron chi connectivity index (χ3n) is 3.53. The lowest BCUT2D eigenvalue weighted by atomic mass is 10.1. The zero-order valence-corrected chi connectivity index (χ0v) is 12.7. The van der Waals surface area contributed by atoms with E-state index >= 15 is 0 Å². The fraction of sp³-hybridized carbons (Fsp3) is 0.250. The van der Waals surface area contributed by atoms with E-state index in [1.807, 2.05) is 19.1 Å². The van der Waals surface area contributed by atoms with Gasteiger partial charge in [0, 0.05) is 24.3 Å². The van der Waals surface area contributed by atoms with Crippen LogP contribution in [0.5, 0.6) is 0 Å². The molecule has 1 amide bonds. The molecular weight excluding hydrogens is 288 g/mol. The number of hydrogen-bond donors (Lipinski definition) is 0. The number of carbonyl (C=O) groups is 1. The van der Waals surface area contributed by atoms with Crippen LogP contribution in [0, 0.1) is 0 Å². The minimum absolute atomic E-state index is 0.0358. The van der Waals surface area contributed by atoms with Gasteiger partial charge < -0.3 is 9.47 Å². The van der Waals surface area contributed by atoms with Crippen molar-refractivity contribution in [3.8, 4) is 0 Å². The number of amides is 1. The third kappa shape index (κ3) is 3.73. The maximum atomic E-state index is 12.3. The molecule has 4 nitrogen and oxygen atoms in total. The first-order valence-electron chi connectivity index (χ1n) is 6.65. The molecule has 1 heterocycles. The first-order chi connectivity index (χ1) is 9.99. The number of hydrogen-bond acceptors (Lipinski definition) is 2. The van der Waals surface area contributed by atoms with Gasteiger partial charge in [-0.1, -0.05) is 29.8 Å². The summed E-state index contributed by atoms with van der Waals surface area (Å²) in [4.78, 5) is 25.5. The van der Waals surface area contributed by atoms with Gasteiger partial charge in [0.2, 0.25) is 5.91 Å². The Bertz CT molecular complexity index is 679. The monoisotopic (exact) mass is 304 g/mol. The first kappa shape index (κ1) is 15.3. The topological polar surface area (TPSA) is 42.3 Å². The Morgan fingerprint density at radius 2 is 1.90 bits per heavy atom. The molecule has 0 bridgehead atoms. The largest absolute Gasteiger partial charge is 0.337 e. The molecule has 2 rings (SSSR count). The molecule has 0 N–H and O–H groups in total. The van der Waals surface area contributed by atoms with E-state index in [9.17, 15) is 9.59 Å². The molecule has 110 valence electrons. The van der Waals surface area contributed by atoms with Gasteiger partial charge in [-0.05, 0) is 30.7 Å². The van der Waals surface area contributed by atoms with Crippen molar-refractivity contribution in [2.75, 3.05) is 7.05 Å². The van der Waals surface area contributed by atoms with E-state index in [1.54, 1.807) is 42.4 Å². The van der Waals surface area contributed by atoms with Crippen LogP contribution in [-0.2, 0) is 11.3 Å². The highest BCUT2D eigenvalue weighted by atomic mass is 35.5. The van der Waals surface area contributed by atoms with E-state index in [1.165, 1.54) is 10.6 Å². The van der Waals surface area contributed by atoms with Gasteiger partial charge in [0.1, 0.15) is 6.54 Å². The molecule has 1 atom stereocenters. The average Bonchev–Trinajstić information content (AvgIpc) is 2.49. The molecule has 21 heavy (non-hydrogen) atoms. The molecule has 1 aromatic carbocycles. The van der Waals surface area contributed by atoms with Crippen LogP contribution >= 0.6 is 11.6 Å². The maximum absolute atomic E-state index is 12.3. The molecule has 0 radical (unpaired) electrons. The van der Waals surface area contributed by atoms with Gasteiger partial charge in [-0.2, -0.15) is 0 Å². The Hall–Kier alpha value is -2.07. The van der Waals surface area contributed by atoms with Gasteiger partial charge in [0.05, 0.1) is 6.04 Å². The van der Waals surface area contributed by atoms with Crippen molar-refractivity contribution in [2.24, 2.45) is 0 Å². The summed E-state index contributed by atoms with van der Waals surface area (Å²) >= 11 is 5.86. The van der Waals surface area contributed by atoms with E-state index in [2.05, 4.69) is 0 Å². The second kappa shape index (κ2) is 6.59. The van der Waals surface area contributed by atoms with E-state index < -0.39 is 0 Å². The molecule has 2 aromatic rings. The minimum Gasteiger partial charge on any atom is -0.337 e. The number of likely N-dealkylation sites (N-methyl/N-ethyl adjacent to an activating group) is 1. The summed E-state index contributed by atoms with van der Waals surface area (Å²) in [7, 11) is 1.73. The number of rotatable bonds is 4. The number of nitrogens with zero attached hydrogens (tertiary/aromatic N) is 2. The number of benzene rings is 1. The predicted octanol–water partition coefficient (Wildman–Crippen LogP) is 2.72. The lowest BCUT2D eigenvalue weighted by Crippen LogP contribution is -2.35. The summed E-state index contributed by atoms with van der Waals surface area (Å²) in [6.07, 6.45) is 1.61. The molecule has 0 aliphatic heterocycles. The van der Waals surface area contributed by atoms with Crippen LogP contribution in [0.4, 0.5) is 0 Å². The zero-order valence-electron chi connectivity index (χ0n) is 12.0. The standard InChI is InChI=1S/C16H17ClN2O2/c1-12(13-6-8-14(17)9-7-13)18(2)16(21)11-19-10-4-3-5-15(19)20/h3-10,12H,11H2,1-2H3. The van der Waals surface area contributed by atoms with Crippen molar-refractivity contribution in [1.82, 2.24) is 9.47 Å². The van der Waals surface area contributed by atoms with E-state index in [0.29, 0.717) is 5.02 Å². The maximum Gasteiger partial charge on any atom is 0.250 e. The minimum atomic E-state index is -0.182. The molecule has 0 spiro atoms. The molecule has 0 fully saturated rings. The van der Waals surface area contributed by atoms with Crippen molar-refractivity contribution >= 4 is 17.5 Å².